The third-order valence-electron chi connectivity index (χ3n) is 2.79. The van der Waals surface area contributed by atoms with Crippen molar-refractivity contribution in [2.24, 2.45) is 0 Å². The second-order valence-electron chi connectivity index (χ2n) is 4.73. The zero-order valence-corrected chi connectivity index (χ0v) is 14.6. The van der Waals surface area contributed by atoms with E-state index in [1.54, 1.807) is 18.2 Å². The summed E-state index contributed by atoms with van der Waals surface area (Å²) in [6, 6.07) is 7.85. The Balaban J connectivity index is 2.26. The molecule has 0 aliphatic carbocycles. The third-order valence-corrected chi connectivity index (χ3v) is 4.49. The van der Waals surface area contributed by atoms with Gasteiger partial charge in [0.1, 0.15) is 0 Å². The molecule has 0 aliphatic rings. The molecule has 128 valence electrons. The third kappa shape index (κ3) is 7.94. The lowest BCUT2D eigenvalue weighted by Gasteiger charge is -2.10. The SMILES string of the molecule is CCCCOC(=O)CCCOC(=S)NS(=O)(=O)c1ccccc1. The van der Waals surface area contributed by atoms with Crippen molar-refractivity contribution in [3.8, 4) is 0 Å². The van der Waals surface area contributed by atoms with Crippen LogP contribution in [0.15, 0.2) is 35.2 Å². The quantitative estimate of drug-likeness (QED) is 0.414. The Morgan fingerprint density at radius 2 is 1.78 bits per heavy atom. The van der Waals surface area contributed by atoms with Crippen LogP contribution in [0.4, 0.5) is 0 Å². The van der Waals surface area contributed by atoms with Gasteiger partial charge in [0.15, 0.2) is 0 Å². The summed E-state index contributed by atoms with van der Waals surface area (Å²) in [5.74, 6) is -0.294. The fraction of sp³-hybridized carbons (Fsp3) is 0.467. The van der Waals surface area contributed by atoms with Crippen LogP contribution in [0.3, 0.4) is 0 Å². The number of sulfonamides is 1. The highest BCUT2D eigenvalue weighted by Gasteiger charge is 2.15. The lowest BCUT2D eigenvalue weighted by atomic mass is 10.3. The van der Waals surface area contributed by atoms with Gasteiger partial charge < -0.3 is 9.47 Å². The van der Waals surface area contributed by atoms with E-state index in [9.17, 15) is 13.2 Å². The maximum atomic E-state index is 12.0. The second kappa shape index (κ2) is 10.2. The van der Waals surface area contributed by atoms with E-state index < -0.39 is 10.0 Å². The molecule has 0 saturated heterocycles. The first-order chi connectivity index (χ1) is 11.0. The molecule has 0 amide bonds. The fourth-order valence-electron chi connectivity index (χ4n) is 1.58. The summed E-state index contributed by atoms with van der Waals surface area (Å²) in [6.45, 7) is 2.57. The zero-order valence-electron chi connectivity index (χ0n) is 13.0. The Bertz CT molecular complexity index is 602. The largest absolute Gasteiger partial charge is 0.470 e. The van der Waals surface area contributed by atoms with E-state index in [0.29, 0.717) is 13.0 Å². The first-order valence-corrected chi connectivity index (χ1v) is 9.25. The molecule has 0 aliphatic heterocycles. The summed E-state index contributed by atoms with van der Waals surface area (Å²) in [4.78, 5) is 11.5. The molecule has 1 aromatic carbocycles. The van der Waals surface area contributed by atoms with Crippen LogP contribution in [0.5, 0.6) is 0 Å². The summed E-state index contributed by atoms with van der Waals surface area (Å²) in [6.07, 6.45) is 2.41. The second-order valence-corrected chi connectivity index (χ2v) is 6.79. The van der Waals surface area contributed by atoms with E-state index in [1.807, 2.05) is 6.92 Å². The predicted octanol–water partition coefficient (Wildman–Crippen LogP) is 2.39. The number of hydrogen-bond donors (Lipinski definition) is 1. The van der Waals surface area contributed by atoms with Crippen LogP contribution in [-0.4, -0.2) is 32.8 Å². The Morgan fingerprint density at radius 3 is 2.43 bits per heavy atom. The first kappa shape index (κ1) is 19.4. The predicted molar refractivity (Wildman–Crippen MR) is 90.4 cm³/mol. The molecule has 1 N–H and O–H groups in total. The van der Waals surface area contributed by atoms with E-state index in [1.165, 1.54) is 12.1 Å². The van der Waals surface area contributed by atoms with Crippen LogP contribution < -0.4 is 4.72 Å². The van der Waals surface area contributed by atoms with Gasteiger partial charge in [0.2, 0.25) is 0 Å². The van der Waals surface area contributed by atoms with Crippen molar-refractivity contribution in [2.45, 2.75) is 37.5 Å². The van der Waals surface area contributed by atoms with Gasteiger partial charge in [0, 0.05) is 6.42 Å². The smallest absolute Gasteiger partial charge is 0.305 e. The molecule has 0 heterocycles. The summed E-state index contributed by atoms with van der Waals surface area (Å²) in [7, 11) is -3.74. The Kier molecular flexibility index (Phi) is 8.57. The van der Waals surface area contributed by atoms with Crippen LogP contribution in [0.2, 0.25) is 0 Å². The average molecular weight is 359 g/mol. The summed E-state index contributed by atoms with van der Waals surface area (Å²) in [5.41, 5.74) is 0. The number of carbonyl (C=O) groups excluding carboxylic acids is 1. The number of unbranched alkanes of at least 4 members (excludes halogenated alkanes) is 1. The number of rotatable bonds is 9. The molecule has 0 radical (unpaired) electrons. The number of thiocarbonyl (C=S) groups is 1. The molecular weight excluding hydrogens is 338 g/mol. The maximum absolute atomic E-state index is 12.0. The number of carbonyl (C=O) groups is 1. The van der Waals surface area contributed by atoms with E-state index in [0.717, 1.165) is 12.8 Å². The maximum Gasteiger partial charge on any atom is 0.305 e. The fourth-order valence-corrected chi connectivity index (χ4v) is 2.91. The van der Waals surface area contributed by atoms with Gasteiger partial charge in [0.05, 0.1) is 18.1 Å². The summed E-state index contributed by atoms with van der Waals surface area (Å²) < 4.78 is 36.2. The lowest BCUT2D eigenvalue weighted by Crippen LogP contribution is -2.31. The topological polar surface area (TPSA) is 81.7 Å². The van der Waals surface area contributed by atoms with E-state index >= 15 is 0 Å². The van der Waals surface area contributed by atoms with E-state index in [4.69, 9.17) is 21.7 Å². The molecule has 0 atom stereocenters. The van der Waals surface area contributed by atoms with Gasteiger partial charge in [-0.3, -0.25) is 4.79 Å². The van der Waals surface area contributed by atoms with Crippen molar-refractivity contribution in [3.63, 3.8) is 0 Å². The zero-order chi connectivity index (χ0) is 17.1. The molecule has 0 unspecified atom stereocenters. The first-order valence-electron chi connectivity index (χ1n) is 7.36. The molecule has 0 aromatic heterocycles. The number of ether oxygens (including phenoxy) is 2. The highest BCUT2D eigenvalue weighted by atomic mass is 32.2. The Labute approximate surface area is 142 Å². The van der Waals surface area contributed by atoms with Crippen LogP contribution in [0.1, 0.15) is 32.6 Å². The van der Waals surface area contributed by atoms with Crippen molar-refractivity contribution in [2.75, 3.05) is 13.2 Å². The summed E-state index contributed by atoms with van der Waals surface area (Å²) >= 11 is 4.84. The number of hydrogen-bond acceptors (Lipinski definition) is 6. The molecule has 1 aromatic rings. The molecule has 8 heteroatoms. The molecule has 6 nitrogen and oxygen atoms in total. The number of nitrogens with one attached hydrogen (secondary N) is 1. The minimum absolute atomic E-state index is 0.102. The van der Waals surface area contributed by atoms with Gasteiger partial charge in [-0.15, -0.1) is 0 Å². The molecule has 0 saturated carbocycles. The van der Waals surface area contributed by atoms with Crippen LogP contribution in [0, 0.1) is 0 Å². The molecular formula is C15H21NO5S2. The van der Waals surface area contributed by atoms with Gasteiger partial charge in [-0.05, 0) is 37.2 Å². The minimum atomic E-state index is -3.74. The molecule has 1 rings (SSSR count). The minimum Gasteiger partial charge on any atom is -0.470 e. The van der Waals surface area contributed by atoms with E-state index in [2.05, 4.69) is 4.72 Å². The van der Waals surface area contributed by atoms with Crippen molar-refractivity contribution < 1.29 is 22.7 Å². The van der Waals surface area contributed by atoms with Crippen molar-refractivity contribution >= 4 is 33.4 Å². The van der Waals surface area contributed by atoms with Gasteiger partial charge >= 0.3 is 5.97 Å². The highest BCUT2D eigenvalue weighted by Crippen LogP contribution is 2.07. The number of esters is 1. The van der Waals surface area contributed by atoms with Gasteiger partial charge in [-0.25, -0.2) is 13.1 Å². The van der Waals surface area contributed by atoms with Crippen LogP contribution >= 0.6 is 12.2 Å². The molecule has 0 bridgehead atoms. The van der Waals surface area contributed by atoms with Gasteiger partial charge in [-0.2, -0.15) is 0 Å². The average Bonchev–Trinajstić information content (AvgIpc) is 2.52. The number of benzene rings is 1. The summed E-state index contributed by atoms with van der Waals surface area (Å²) in [5, 5.41) is -0.242. The standard InChI is InChI=1S/C15H21NO5S2/c1-2-3-11-20-14(17)10-7-12-21-15(22)16-23(18,19)13-8-5-4-6-9-13/h4-6,8-9H,2-3,7,10-12H2,1H3,(H,16,22). The lowest BCUT2D eigenvalue weighted by molar-refractivity contribution is -0.144. The van der Waals surface area contributed by atoms with Gasteiger partial charge in [0.25, 0.3) is 15.2 Å². The monoisotopic (exact) mass is 359 g/mol. The van der Waals surface area contributed by atoms with Gasteiger partial charge in [-0.1, -0.05) is 31.5 Å². The Morgan fingerprint density at radius 1 is 1.13 bits per heavy atom. The molecule has 0 spiro atoms. The normalized spacial score (nSPS) is 10.8. The van der Waals surface area contributed by atoms with Crippen molar-refractivity contribution in [1.82, 2.24) is 4.72 Å². The highest BCUT2D eigenvalue weighted by molar-refractivity contribution is 7.91. The van der Waals surface area contributed by atoms with Crippen molar-refractivity contribution in [1.29, 1.82) is 0 Å². The molecule has 0 fully saturated rings. The van der Waals surface area contributed by atoms with Crippen molar-refractivity contribution in [3.05, 3.63) is 30.3 Å². The van der Waals surface area contributed by atoms with E-state index in [-0.39, 0.29) is 29.1 Å². The molecule has 23 heavy (non-hydrogen) atoms. The Hall–Kier alpha value is -1.67. The van der Waals surface area contributed by atoms with Crippen LogP contribution in [0.25, 0.3) is 0 Å². The van der Waals surface area contributed by atoms with Crippen LogP contribution in [-0.2, 0) is 24.3 Å².